The number of nitrogens with zero attached hydrogens (tertiary/aromatic N) is 6. The molecule has 0 spiro atoms. The smallest absolute Gasteiger partial charge is 0.267 e. The molecule has 8 nitrogen and oxygen atoms in total. The third-order valence-corrected chi connectivity index (χ3v) is 3.70. The molecule has 1 fully saturated rings. The summed E-state index contributed by atoms with van der Waals surface area (Å²) < 4.78 is 3.02. The van der Waals surface area contributed by atoms with Crippen LogP contribution in [0.15, 0.2) is 35.5 Å². The van der Waals surface area contributed by atoms with Gasteiger partial charge in [-0.3, -0.25) is 9.59 Å². The molecule has 1 aliphatic heterocycles. The van der Waals surface area contributed by atoms with Crippen LogP contribution in [-0.4, -0.2) is 48.7 Å². The Morgan fingerprint density at radius 3 is 2.76 bits per heavy atom. The highest BCUT2D eigenvalue weighted by Crippen LogP contribution is 2.21. The molecular weight excluding hydrogens is 272 g/mol. The number of hydrogen-bond acceptors (Lipinski definition) is 5. The van der Waals surface area contributed by atoms with Crippen LogP contribution in [0.1, 0.15) is 18.9 Å². The molecule has 0 bridgehead atoms. The maximum atomic E-state index is 12.2. The van der Waals surface area contributed by atoms with E-state index in [1.165, 1.54) is 16.9 Å². The van der Waals surface area contributed by atoms with Gasteiger partial charge in [-0.25, -0.2) is 9.36 Å². The molecule has 0 radical (unpaired) electrons. The molecular formula is C13H16N6O2. The summed E-state index contributed by atoms with van der Waals surface area (Å²) in [6.45, 7) is 1.31. The van der Waals surface area contributed by atoms with Crippen molar-refractivity contribution in [2.45, 2.75) is 25.4 Å². The van der Waals surface area contributed by atoms with Crippen LogP contribution in [0.4, 0.5) is 0 Å². The highest BCUT2D eigenvalue weighted by Gasteiger charge is 2.24. The van der Waals surface area contributed by atoms with Crippen LogP contribution in [0, 0.1) is 0 Å². The second kappa shape index (κ2) is 5.86. The minimum absolute atomic E-state index is 0.00628. The Balaban J connectivity index is 1.58. The van der Waals surface area contributed by atoms with E-state index in [0.29, 0.717) is 13.1 Å². The molecule has 0 N–H and O–H groups in total. The molecule has 21 heavy (non-hydrogen) atoms. The zero-order valence-corrected chi connectivity index (χ0v) is 11.5. The fraction of sp³-hybridized carbons (Fsp3) is 0.462. The fourth-order valence-electron chi connectivity index (χ4n) is 2.53. The molecule has 110 valence electrons. The number of rotatable bonds is 3. The first-order chi connectivity index (χ1) is 10.2. The van der Waals surface area contributed by atoms with Crippen LogP contribution in [0.25, 0.3) is 0 Å². The van der Waals surface area contributed by atoms with Crippen molar-refractivity contribution in [2.24, 2.45) is 0 Å². The monoisotopic (exact) mass is 288 g/mol. The summed E-state index contributed by atoms with van der Waals surface area (Å²) in [4.78, 5) is 25.5. The lowest BCUT2D eigenvalue weighted by atomic mass is 10.1. The van der Waals surface area contributed by atoms with Gasteiger partial charge >= 0.3 is 0 Å². The normalized spacial score (nSPS) is 16.1. The SMILES string of the molecule is O=C(Cn1ncccc1=O)N1CCC(n2ccnn2)CC1. The van der Waals surface area contributed by atoms with Crippen molar-refractivity contribution in [1.82, 2.24) is 29.7 Å². The van der Waals surface area contributed by atoms with Crippen LogP contribution < -0.4 is 5.56 Å². The van der Waals surface area contributed by atoms with Crippen molar-refractivity contribution < 1.29 is 4.79 Å². The number of amides is 1. The Morgan fingerprint density at radius 1 is 1.29 bits per heavy atom. The van der Waals surface area contributed by atoms with E-state index in [2.05, 4.69) is 15.4 Å². The Hall–Kier alpha value is -2.51. The minimum atomic E-state index is -0.261. The van der Waals surface area contributed by atoms with Crippen LogP contribution in [-0.2, 0) is 11.3 Å². The van der Waals surface area contributed by atoms with E-state index in [1.54, 1.807) is 17.2 Å². The van der Waals surface area contributed by atoms with Crippen molar-refractivity contribution in [3.63, 3.8) is 0 Å². The molecule has 1 amide bonds. The molecule has 0 unspecified atom stereocenters. The summed E-state index contributed by atoms with van der Waals surface area (Å²) >= 11 is 0. The number of aromatic nitrogens is 5. The van der Waals surface area contributed by atoms with Crippen LogP contribution in [0.3, 0.4) is 0 Å². The lowest BCUT2D eigenvalue weighted by molar-refractivity contribution is -0.133. The summed E-state index contributed by atoms with van der Waals surface area (Å²) in [6, 6.07) is 3.25. The minimum Gasteiger partial charge on any atom is -0.341 e. The first kappa shape index (κ1) is 13.5. The zero-order chi connectivity index (χ0) is 14.7. The molecule has 2 aromatic rings. The fourth-order valence-corrected chi connectivity index (χ4v) is 2.53. The van der Waals surface area contributed by atoms with E-state index in [0.717, 1.165) is 12.8 Å². The number of hydrogen-bond donors (Lipinski definition) is 0. The first-order valence-electron chi connectivity index (χ1n) is 6.90. The van der Waals surface area contributed by atoms with E-state index in [-0.39, 0.29) is 24.1 Å². The lowest BCUT2D eigenvalue weighted by Crippen LogP contribution is -2.42. The van der Waals surface area contributed by atoms with Gasteiger partial charge in [-0.05, 0) is 18.9 Å². The van der Waals surface area contributed by atoms with Gasteiger partial charge in [0.15, 0.2) is 0 Å². The van der Waals surface area contributed by atoms with Crippen molar-refractivity contribution in [1.29, 1.82) is 0 Å². The molecule has 3 heterocycles. The van der Waals surface area contributed by atoms with Gasteiger partial charge in [0, 0.05) is 31.5 Å². The maximum Gasteiger partial charge on any atom is 0.267 e. The molecule has 0 saturated carbocycles. The molecule has 3 rings (SSSR count). The molecule has 0 atom stereocenters. The van der Waals surface area contributed by atoms with Gasteiger partial charge in [-0.15, -0.1) is 5.10 Å². The predicted molar refractivity (Wildman–Crippen MR) is 73.4 cm³/mol. The summed E-state index contributed by atoms with van der Waals surface area (Å²) in [6.07, 6.45) is 6.69. The van der Waals surface area contributed by atoms with Crippen LogP contribution in [0.2, 0.25) is 0 Å². The average Bonchev–Trinajstić information content (AvgIpc) is 3.04. The van der Waals surface area contributed by atoms with Gasteiger partial charge in [-0.2, -0.15) is 5.10 Å². The quantitative estimate of drug-likeness (QED) is 0.774. The summed E-state index contributed by atoms with van der Waals surface area (Å²) in [5.41, 5.74) is -0.261. The Bertz CT molecular complexity index is 657. The highest BCUT2D eigenvalue weighted by molar-refractivity contribution is 5.75. The van der Waals surface area contributed by atoms with E-state index in [9.17, 15) is 9.59 Å². The van der Waals surface area contributed by atoms with E-state index in [4.69, 9.17) is 0 Å². The van der Waals surface area contributed by atoms with Crippen molar-refractivity contribution in [2.75, 3.05) is 13.1 Å². The Kier molecular flexibility index (Phi) is 3.76. The molecule has 0 aliphatic carbocycles. The standard InChI is InChI=1S/C13H16N6O2/c20-12-2-1-5-15-19(12)10-13(21)17-7-3-11(4-8-17)18-9-6-14-16-18/h1-2,5-6,9,11H,3-4,7-8,10H2. The largest absolute Gasteiger partial charge is 0.341 e. The number of piperidine rings is 1. The summed E-state index contributed by atoms with van der Waals surface area (Å²) in [7, 11) is 0. The first-order valence-corrected chi connectivity index (χ1v) is 6.90. The molecule has 1 saturated heterocycles. The van der Waals surface area contributed by atoms with E-state index in [1.807, 2.05) is 10.9 Å². The Labute approximate surface area is 121 Å². The van der Waals surface area contributed by atoms with Gasteiger partial charge in [0.25, 0.3) is 5.56 Å². The van der Waals surface area contributed by atoms with Crippen molar-refractivity contribution >= 4 is 5.91 Å². The second-order valence-corrected chi connectivity index (χ2v) is 5.01. The van der Waals surface area contributed by atoms with E-state index < -0.39 is 0 Å². The van der Waals surface area contributed by atoms with Gasteiger partial charge in [-0.1, -0.05) is 5.21 Å². The number of likely N-dealkylation sites (tertiary alicyclic amines) is 1. The highest BCUT2D eigenvalue weighted by atomic mass is 16.2. The molecule has 8 heteroatoms. The summed E-state index contributed by atoms with van der Waals surface area (Å²) in [5, 5.41) is 11.7. The number of carbonyl (C=O) groups excluding carboxylic acids is 1. The van der Waals surface area contributed by atoms with Crippen molar-refractivity contribution in [3.05, 3.63) is 41.1 Å². The van der Waals surface area contributed by atoms with Crippen LogP contribution >= 0.6 is 0 Å². The third-order valence-electron chi connectivity index (χ3n) is 3.70. The second-order valence-electron chi connectivity index (χ2n) is 5.01. The van der Waals surface area contributed by atoms with Gasteiger partial charge in [0.2, 0.25) is 5.91 Å². The van der Waals surface area contributed by atoms with Gasteiger partial charge in [0.1, 0.15) is 6.54 Å². The van der Waals surface area contributed by atoms with Gasteiger partial charge in [0.05, 0.1) is 12.2 Å². The molecule has 0 aromatic carbocycles. The van der Waals surface area contributed by atoms with E-state index >= 15 is 0 Å². The van der Waals surface area contributed by atoms with Crippen molar-refractivity contribution in [3.8, 4) is 0 Å². The maximum absolute atomic E-state index is 12.2. The topological polar surface area (TPSA) is 85.9 Å². The average molecular weight is 288 g/mol. The predicted octanol–water partition coefficient (Wildman–Crippen LogP) is -0.302. The number of carbonyl (C=O) groups is 1. The zero-order valence-electron chi connectivity index (χ0n) is 11.5. The Morgan fingerprint density at radius 2 is 2.10 bits per heavy atom. The lowest BCUT2D eigenvalue weighted by Gasteiger charge is -2.31. The molecule has 1 aliphatic rings. The van der Waals surface area contributed by atoms with Gasteiger partial charge < -0.3 is 4.90 Å². The van der Waals surface area contributed by atoms with Crippen LogP contribution in [0.5, 0.6) is 0 Å². The molecule has 2 aromatic heterocycles. The third kappa shape index (κ3) is 2.99. The summed E-state index contributed by atoms with van der Waals surface area (Å²) in [5.74, 6) is -0.0761.